The second-order valence-corrected chi connectivity index (χ2v) is 6.58. The van der Waals surface area contributed by atoms with Gasteiger partial charge in [0.1, 0.15) is 11.6 Å². The van der Waals surface area contributed by atoms with Crippen LogP contribution in [-0.4, -0.2) is 45.8 Å². The average Bonchev–Trinajstić information content (AvgIpc) is 2.56. The summed E-state index contributed by atoms with van der Waals surface area (Å²) >= 11 is 0. The van der Waals surface area contributed by atoms with Crippen molar-refractivity contribution in [1.29, 1.82) is 0 Å². The van der Waals surface area contributed by atoms with Crippen LogP contribution in [0.15, 0.2) is 36.4 Å². The van der Waals surface area contributed by atoms with Gasteiger partial charge in [-0.25, -0.2) is 9.97 Å². The third-order valence-electron chi connectivity index (χ3n) is 3.50. The predicted octanol–water partition coefficient (Wildman–Crippen LogP) is 1.75. The topological polar surface area (TPSA) is 58.1 Å². The van der Waals surface area contributed by atoms with Crippen molar-refractivity contribution in [3.05, 3.63) is 36.4 Å². The van der Waals surface area contributed by atoms with E-state index in [0.29, 0.717) is 17.3 Å². The molecule has 5 nitrogen and oxygen atoms in total. The molecule has 1 aromatic heterocycles. The van der Waals surface area contributed by atoms with E-state index >= 15 is 0 Å². The number of anilines is 2. The van der Waals surface area contributed by atoms with Gasteiger partial charge in [0.15, 0.2) is 5.82 Å². The number of rotatable bonds is 3. The van der Waals surface area contributed by atoms with Gasteiger partial charge < -0.3 is 10.2 Å². The van der Waals surface area contributed by atoms with Gasteiger partial charge in [-0.05, 0) is 0 Å². The van der Waals surface area contributed by atoms with Crippen LogP contribution in [0.5, 0.6) is 0 Å². The highest BCUT2D eigenvalue weighted by Gasteiger charge is 2.18. The van der Waals surface area contributed by atoms with Crippen LogP contribution in [0.1, 0.15) is 0 Å². The predicted molar refractivity (Wildman–Crippen MR) is 87.1 cm³/mol. The second kappa shape index (κ2) is 6.22. The van der Waals surface area contributed by atoms with Crippen LogP contribution in [0, 0.1) is 0 Å². The molecule has 1 aliphatic rings. The van der Waals surface area contributed by atoms with Crippen molar-refractivity contribution in [2.75, 3.05) is 41.9 Å². The van der Waals surface area contributed by atoms with Crippen molar-refractivity contribution in [1.82, 2.24) is 9.97 Å². The summed E-state index contributed by atoms with van der Waals surface area (Å²) in [6.45, 7) is 1.56. The summed E-state index contributed by atoms with van der Waals surface area (Å²) in [5.41, 5.74) is 0.997. The monoisotopic (exact) mass is 302 g/mol. The molecule has 110 valence electrons. The number of aromatic nitrogens is 2. The molecule has 1 fully saturated rings. The molecule has 2 heterocycles. The summed E-state index contributed by atoms with van der Waals surface area (Å²) in [6, 6.07) is 11.9. The standard InChI is InChI=1S/C15H18N4OS/c1-16-13-11-14(19-7-9-21(20)10-8-19)18-15(17-13)12-5-3-2-4-6-12/h2-6,11H,7-10H2,1H3,(H,16,17,18). The Labute approximate surface area is 126 Å². The first-order valence-corrected chi connectivity index (χ1v) is 8.47. The van der Waals surface area contributed by atoms with E-state index in [2.05, 4.69) is 20.2 Å². The third kappa shape index (κ3) is 3.21. The minimum atomic E-state index is -0.684. The first kappa shape index (κ1) is 14.0. The van der Waals surface area contributed by atoms with Gasteiger partial charge in [-0.2, -0.15) is 0 Å². The Morgan fingerprint density at radius 1 is 1.14 bits per heavy atom. The zero-order valence-corrected chi connectivity index (χ0v) is 12.8. The Kier molecular flexibility index (Phi) is 4.15. The zero-order chi connectivity index (χ0) is 14.7. The lowest BCUT2D eigenvalue weighted by Crippen LogP contribution is -2.38. The summed E-state index contributed by atoms with van der Waals surface area (Å²) in [6.07, 6.45) is 0. The molecule has 3 rings (SSSR count). The maximum atomic E-state index is 11.5. The highest BCUT2D eigenvalue weighted by molar-refractivity contribution is 7.85. The number of nitrogens with one attached hydrogen (secondary N) is 1. The SMILES string of the molecule is CNc1cc(N2CCS(=O)CC2)nc(-c2ccccc2)n1. The highest BCUT2D eigenvalue weighted by atomic mass is 32.2. The van der Waals surface area contributed by atoms with Gasteiger partial charge in [0.25, 0.3) is 0 Å². The Morgan fingerprint density at radius 3 is 2.52 bits per heavy atom. The molecule has 6 heteroatoms. The van der Waals surface area contributed by atoms with E-state index in [0.717, 1.165) is 30.3 Å². The lowest BCUT2D eigenvalue weighted by molar-refractivity contribution is 0.672. The normalized spacial score (nSPS) is 16.0. The third-order valence-corrected chi connectivity index (χ3v) is 4.78. The number of nitrogens with zero attached hydrogens (tertiary/aromatic N) is 3. The largest absolute Gasteiger partial charge is 0.373 e. The Balaban J connectivity index is 1.95. The van der Waals surface area contributed by atoms with Gasteiger partial charge in [0.05, 0.1) is 0 Å². The van der Waals surface area contributed by atoms with Crippen LogP contribution >= 0.6 is 0 Å². The van der Waals surface area contributed by atoms with E-state index in [4.69, 9.17) is 0 Å². The minimum Gasteiger partial charge on any atom is -0.373 e. The van der Waals surface area contributed by atoms with Crippen LogP contribution in [0.25, 0.3) is 11.4 Å². The van der Waals surface area contributed by atoms with E-state index in [1.165, 1.54) is 0 Å². The van der Waals surface area contributed by atoms with Gasteiger partial charge in [0.2, 0.25) is 0 Å². The van der Waals surface area contributed by atoms with Crippen LogP contribution < -0.4 is 10.2 Å². The van der Waals surface area contributed by atoms with Gasteiger partial charge >= 0.3 is 0 Å². The fourth-order valence-electron chi connectivity index (χ4n) is 2.31. The molecule has 2 aromatic rings. The fraction of sp³-hybridized carbons (Fsp3) is 0.333. The maximum Gasteiger partial charge on any atom is 0.163 e. The molecule has 0 unspecified atom stereocenters. The van der Waals surface area contributed by atoms with Crippen LogP contribution in [0.4, 0.5) is 11.6 Å². The van der Waals surface area contributed by atoms with Crippen molar-refractivity contribution < 1.29 is 4.21 Å². The van der Waals surface area contributed by atoms with Crippen molar-refractivity contribution in [3.63, 3.8) is 0 Å². The molecule has 1 N–H and O–H groups in total. The summed E-state index contributed by atoms with van der Waals surface area (Å²) in [7, 11) is 1.17. The van der Waals surface area contributed by atoms with Gasteiger partial charge in [-0.1, -0.05) is 30.3 Å². The average molecular weight is 302 g/mol. The second-order valence-electron chi connectivity index (χ2n) is 4.89. The zero-order valence-electron chi connectivity index (χ0n) is 12.0. The molecule has 0 amide bonds. The van der Waals surface area contributed by atoms with Crippen LogP contribution in [-0.2, 0) is 10.8 Å². The molecule has 0 bridgehead atoms. The smallest absolute Gasteiger partial charge is 0.163 e. The molecule has 0 spiro atoms. The molecule has 0 atom stereocenters. The summed E-state index contributed by atoms with van der Waals surface area (Å²) in [5, 5.41) is 3.09. The molecule has 0 saturated carbocycles. The molecular formula is C15H18N4OS. The number of hydrogen-bond donors (Lipinski definition) is 1. The first-order chi connectivity index (χ1) is 10.3. The Bertz CT molecular complexity index is 637. The molecular weight excluding hydrogens is 284 g/mol. The van der Waals surface area contributed by atoms with Gasteiger partial charge in [0, 0.05) is 54.1 Å². The Hall–Kier alpha value is -1.95. The van der Waals surface area contributed by atoms with E-state index in [-0.39, 0.29) is 0 Å². The van der Waals surface area contributed by atoms with Gasteiger partial charge in [-0.3, -0.25) is 4.21 Å². The van der Waals surface area contributed by atoms with Crippen molar-refractivity contribution in [3.8, 4) is 11.4 Å². The fourth-order valence-corrected chi connectivity index (χ4v) is 3.36. The van der Waals surface area contributed by atoms with Crippen molar-refractivity contribution >= 4 is 22.4 Å². The van der Waals surface area contributed by atoms with Gasteiger partial charge in [-0.15, -0.1) is 0 Å². The number of hydrogen-bond acceptors (Lipinski definition) is 5. The molecule has 1 aromatic carbocycles. The van der Waals surface area contributed by atoms with E-state index in [9.17, 15) is 4.21 Å². The summed E-state index contributed by atoms with van der Waals surface area (Å²) in [4.78, 5) is 11.4. The lowest BCUT2D eigenvalue weighted by Gasteiger charge is -2.27. The Morgan fingerprint density at radius 2 is 1.86 bits per heavy atom. The highest BCUT2D eigenvalue weighted by Crippen LogP contribution is 2.23. The van der Waals surface area contributed by atoms with E-state index in [1.54, 1.807) is 0 Å². The quantitative estimate of drug-likeness (QED) is 0.936. The summed E-state index contributed by atoms with van der Waals surface area (Å²) < 4.78 is 11.5. The lowest BCUT2D eigenvalue weighted by atomic mass is 10.2. The van der Waals surface area contributed by atoms with Crippen molar-refractivity contribution in [2.24, 2.45) is 0 Å². The minimum absolute atomic E-state index is 0.684. The van der Waals surface area contributed by atoms with Crippen LogP contribution in [0.3, 0.4) is 0 Å². The van der Waals surface area contributed by atoms with Crippen molar-refractivity contribution in [2.45, 2.75) is 0 Å². The summed E-state index contributed by atoms with van der Waals surface area (Å²) in [5.74, 6) is 3.82. The molecule has 1 saturated heterocycles. The van der Waals surface area contributed by atoms with E-state index in [1.807, 2.05) is 43.4 Å². The maximum absolute atomic E-state index is 11.5. The number of benzene rings is 1. The molecule has 21 heavy (non-hydrogen) atoms. The molecule has 0 aliphatic carbocycles. The van der Waals surface area contributed by atoms with Crippen LogP contribution in [0.2, 0.25) is 0 Å². The first-order valence-electron chi connectivity index (χ1n) is 6.98. The molecule has 1 aliphatic heterocycles. The molecule has 0 radical (unpaired) electrons. The van der Waals surface area contributed by atoms with E-state index < -0.39 is 10.8 Å².